The van der Waals surface area contributed by atoms with Crippen molar-refractivity contribution in [3.8, 4) is 11.1 Å². The molecule has 110 valence electrons. The summed E-state index contributed by atoms with van der Waals surface area (Å²) < 4.78 is 0. The van der Waals surface area contributed by atoms with Gasteiger partial charge in [0.05, 0.1) is 0 Å². The Kier molecular flexibility index (Phi) is 3.38. The van der Waals surface area contributed by atoms with E-state index in [1.807, 2.05) is 36.4 Å². The Morgan fingerprint density at radius 2 is 1.09 bits per heavy atom. The lowest BCUT2D eigenvalue weighted by Crippen LogP contribution is -2.30. The Labute approximate surface area is 134 Å². The van der Waals surface area contributed by atoms with Crippen LogP contribution in [-0.4, -0.2) is 17.2 Å². The first kappa shape index (κ1) is 14.0. The highest BCUT2D eigenvalue weighted by molar-refractivity contribution is 6.62. The van der Waals surface area contributed by atoms with E-state index in [4.69, 9.17) is 0 Å². The maximum absolute atomic E-state index is 9.61. The fourth-order valence-electron chi connectivity index (χ4n) is 3.25. The van der Waals surface area contributed by atoms with Crippen LogP contribution in [0.1, 0.15) is 0 Å². The second-order valence-electron chi connectivity index (χ2n) is 5.65. The van der Waals surface area contributed by atoms with E-state index in [2.05, 4.69) is 36.4 Å². The lowest BCUT2D eigenvalue weighted by molar-refractivity contribution is 0.426. The highest BCUT2D eigenvalue weighted by atomic mass is 16.4. The molecule has 23 heavy (non-hydrogen) atoms. The first-order valence-corrected chi connectivity index (χ1v) is 7.61. The average Bonchev–Trinajstić information content (AvgIpc) is 2.60. The molecule has 0 radical (unpaired) electrons. The number of fused-ring (bicyclic) bond motifs is 2. The minimum atomic E-state index is -1.47. The van der Waals surface area contributed by atoms with E-state index in [0.717, 1.165) is 21.9 Å². The van der Waals surface area contributed by atoms with Crippen LogP contribution in [0.3, 0.4) is 0 Å². The summed E-state index contributed by atoms with van der Waals surface area (Å²) in [5.41, 5.74) is 2.78. The van der Waals surface area contributed by atoms with Crippen LogP contribution >= 0.6 is 0 Å². The van der Waals surface area contributed by atoms with Crippen molar-refractivity contribution in [3.63, 3.8) is 0 Å². The molecule has 4 rings (SSSR count). The number of rotatable bonds is 2. The van der Waals surface area contributed by atoms with Gasteiger partial charge in [-0.25, -0.2) is 0 Å². The van der Waals surface area contributed by atoms with Gasteiger partial charge in [-0.3, -0.25) is 0 Å². The second-order valence-corrected chi connectivity index (χ2v) is 5.65. The van der Waals surface area contributed by atoms with Crippen LogP contribution in [-0.2, 0) is 0 Å². The van der Waals surface area contributed by atoms with Crippen molar-refractivity contribution in [2.45, 2.75) is 0 Å². The number of benzene rings is 4. The molecule has 0 aliphatic heterocycles. The van der Waals surface area contributed by atoms with Gasteiger partial charge in [-0.15, -0.1) is 0 Å². The van der Waals surface area contributed by atoms with E-state index in [1.165, 1.54) is 10.8 Å². The highest BCUT2D eigenvalue weighted by Crippen LogP contribution is 2.33. The summed E-state index contributed by atoms with van der Waals surface area (Å²) in [6.07, 6.45) is 0. The van der Waals surface area contributed by atoms with Crippen molar-refractivity contribution in [2.24, 2.45) is 0 Å². The van der Waals surface area contributed by atoms with Gasteiger partial charge >= 0.3 is 7.12 Å². The van der Waals surface area contributed by atoms with Crippen molar-refractivity contribution in [1.29, 1.82) is 0 Å². The van der Waals surface area contributed by atoms with Crippen LogP contribution in [0.4, 0.5) is 0 Å². The molecule has 4 aromatic rings. The molecule has 0 fully saturated rings. The van der Waals surface area contributed by atoms with Crippen molar-refractivity contribution in [3.05, 3.63) is 78.9 Å². The molecule has 0 amide bonds. The van der Waals surface area contributed by atoms with Crippen LogP contribution < -0.4 is 5.46 Å². The summed E-state index contributed by atoms with van der Waals surface area (Å²) in [7, 11) is -1.47. The minimum absolute atomic E-state index is 0.532. The van der Waals surface area contributed by atoms with E-state index in [1.54, 1.807) is 6.07 Å². The van der Waals surface area contributed by atoms with E-state index >= 15 is 0 Å². The molecule has 0 spiro atoms. The SMILES string of the molecule is OB(O)c1cccc2c(-c3cccc4ccccc34)cccc12. The second kappa shape index (κ2) is 5.54. The molecule has 0 aliphatic carbocycles. The number of hydrogen-bond donors (Lipinski definition) is 2. The summed E-state index contributed by atoms with van der Waals surface area (Å²) in [6.45, 7) is 0. The van der Waals surface area contributed by atoms with Gasteiger partial charge in [0, 0.05) is 0 Å². The summed E-state index contributed by atoms with van der Waals surface area (Å²) in [5.74, 6) is 0. The largest absolute Gasteiger partial charge is 0.489 e. The molecule has 3 heteroatoms. The van der Waals surface area contributed by atoms with Gasteiger partial charge in [0.15, 0.2) is 0 Å². The van der Waals surface area contributed by atoms with Crippen LogP contribution in [0.5, 0.6) is 0 Å². The smallest absolute Gasteiger partial charge is 0.423 e. The van der Waals surface area contributed by atoms with Gasteiger partial charge < -0.3 is 10.0 Å². The third-order valence-electron chi connectivity index (χ3n) is 4.31. The monoisotopic (exact) mass is 298 g/mol. The van der Waals surface area contributed by atoms with E-state index in [0.29, 0.717) is 5.46 Å². The molecule has 0 heterocycles. The Morgan fingerprint density at radius 1 is 0.522 bits per heavy atom. The van der Waals surface area contributed by atoms with Crippen LogP contribution in [0.25, 0.3) is 32.7 Å². The molecule has 2 nitrogen and oxygen atoms in total. The molecule has 0 aromatic heterocycles. The van der Waals surface area contributed by atoms with Crippen LogP contribution in [0, 0.1) is 0 Å². The molecule has 0 unspecified atom stereocenters. The van der Waals surface area contributed by atoms with Crippen LogP contribution in [0.2, 0.25) is 0 Å². The Bertz CT molecular complexity index is 1000. The molecule has 2 N–H and O–H groups in total. The molecular formula is C20H15BO2. The standard InChI is InChI=1S/C20H15BO2/c22-21(23)20-13-5-11-18-17(10-4-12-19(18)20)16-9-3-7-14-6-1-2-8-15(14)16/h1-13,22-23H. The summed E-state index contributed by atoms with van der Waals surface area (Å²) >= 11 is 0. The summed E-state index contributed by atoms with van der Waals surface area (Å²) in [6, 6.07) is 26.2. The van der Waals surface area contributed by atoms with Gasteiger partial charge in [0.1, 0.15) is 0 Å². The Balaban J connectivity index is 2.08. The first-order chi connectivity index (χ1) is 11.3. The molecular weight excluding hydrogens is 283 g/mol. The van der Waals surface area contributed by atoms with Gasteiger partial charge in [0.25, 0.3) is 0 Å². The normalized spacial score (nSPS) is 11.0. The van der Waals surface area contributed by atoms with Crippen molar-refractivity contribution in [2.75, 3.05) is 0 Å². The summed E-state index contributed by atoms with van der Waals surface area (Å²) in [5, 5.41) is 23.5. The highest BCUT2D eigenvalue weighted by Gasteiger charge is 2.16. The third-order valence-corrected chi connectivity index (χ3v) is 4.31. The van der Waals surface area contributed by atoms with Gasteiger partial charge in [0.2, 0.25) is 0 Å². The lowest BCUT2D eigenvalue weighted by atomic mass is 9.76. The van der Waals surface area contributed by atoms with Crippen molar-refractivity contribution >= 4 is 34.1 Å². The molecule has 0 bridgehead atoms. The van der Waals surface area contributed by atoms with Crippen molar-refractivity contribution in [1.82, 2.24) is 0 Å². The molecule has 4 aromatic carbocycles. The zero-order valence-corrected chi connectivity index (χ0v) is 12.5. The topological polar surface area (TPSA) is 40.5 Å². The maximum Gasteiger partial charge on any atom is 0.489 e. The van der Waals surface area contributed by atoms with Gasteiger partial charge in [-0.05, 0) is 38.1 Å². The van der Waals surface area contributed by atoms with Gasteiger partial charge in [-0.1, -0.05) is 78.9 Å². The molecule has 0 saturated heterocycles. The predicted octanol–water partition coefficient (Wildman–Crippen LogP) is 3.34. The zero-order valence-electron chi connectivity index (χ0n) is 12.5. The van der Waals surface area contributed by atoms with E-state index in [-0.39, 0.29) is 0 Å². The average molecular weight is 298 g/mol. The zero-order chi connectivity index (χ0) is 15.8. The minimum Gasteiger partial charge on any atom is -0.423 e. The quantitative estimate of drug-likeness (QED) is 0.557. The molecule has 0 atom stereocenters. The van der Waals surface area contributed by atoms with Crippen molar-refractivity contribution < 1.29 is 10.0 Å². The Hall–Kier alpha value is -2.62. The lowest BCUT2D eigenvalue weighted by Gasteiger charge is -2.12. The maximum atomic E-state index is 9.61. The molecule has 0 saturated carbocycles. The first-order valence-electron chi connectivity index (χ1n) is 7.61. The molecule has 0 aliphatic rings. The van der Waals surface area contributed by atoms with E-state index < -0.39 is 7.12 Å². The van der Waals surface area contributed by atoms with E-state index in [9.17, 15) is 10.0 Å². The Morgan fingerprint density at radius 3 is 1.91 bits per heavy atom. The summed E-state index contributed by atoms with van der Waals surface area (Å²) in [4.78, 5) is 0. The third kappa shape index (κ3) is 2.31. The van der Waals surface area contributed by atoms with Crippen LogP contribution in [0.15, 0.2) is 78.9 Å². The predicted molar refractivity (Wildman–Crippen MR) is 96.7 cm³/mol. The fourth-order valence-corrected chi connectivity index (χ4v) is 3.25. The fraction of sp³-hybridized carbons (Fsp3) is 0. The number of hydrogen-bond acceptors (Lipinski definition) is 2. The van der Waals surface area contributed by atoms with Gasteiger partial charge in [-0.2, -0.15) is 0 Å².